The molecule has 1 N–H and O–H groups in total. The molecule has 0 saturated heterocycles. The minimum atomic E-state index is -0.434. The van der Waals surface area contributed by atoms with Crippen LogP contribution in [-0.2, 0) is 6.61 Å². The Morgan fingerprint density at radius 3 is 2.52 bits per heavy atom. The van der Waals surface area contributed by atoms with Crippen LogP contribution in [0.1, 0.15) is 21.6 Å². The van der Waals surface area contributed by atoms with Gasteiger partial charge in [-0.1, -0.05) is 11.6 Å². The number of aromatic nitrogens is 3. The zero-order chi connectivity index (χ0) is 23.4. The maximum Gasteiger partial charge on any atom is 0.260 e. The number of hydrogen-bond acceptors (Lipinski definition) is 5. The molecule has 2 aromatic carbocycles. The van der Waals surface area contributed by atoms with Crippen molar-refractivity contribution in [2.24, 2.45) is 0 Å². The lowest BCUT2D eigenvalue weighted by molar-refractivity contribution is 0.102. The maximum atomic E-state index is 13.2. The fourth-order valence-electron chi connectivity index (χ4n) is 3.21. The van der Waals surface area contributed by atoms with E-state index in [4.69, 9.17) is 21.1 Å². The molecule has 0 saturated carbocycles. The van der Waals surface area contributed by atoms with Gasteiger partial charge in [-0.15, -0.1) is 0 Å². The molecule has 0 unspecified atom stereocenters. The predicted molar refractivity (Wildman–Crippen MR) is 123 cm³/mol. The minimum absolute atomic E-state index is 0.124. The Labute approximate surface area is 194 Å². The quantitative estimate of drug-likeness (QED) is 0.404. The van der Waals surface area contributed by atoms with Gasteiger partial charge in [-0.05, 0) is 61.0 Å². The number of pyridine rings is 1. The molecule has 9 heteroatoms. The van der Waals surface area contributed by atoms with E-state index < -0.39 is 5.91 Å². The van der Waals surface area contributed by atoms with Crippen molar-refractivity contribution in [2.75, 3.05) is 12.4 Å². The van der Waals surface area contributed by atoms with Gasteiger partial charge in [0.15, 0.2) is 11.5 Å². The van der Waals surface area contributed by atoms with E-state index in [0.29, 0.717) is 35.2 Å². The number of benzene rings is 2. The van der Waals surface area contributed by atoms with Crippen LogP contribution >= 0.6 is 11.6 Å². The molecule has 0 fully saturated rings. The molecule has 0 aliphatic carbocycles. The molecule has 2 heterocycles. The van der Waals surface area contributed by atoms with E-state index in [1.54, 1.807) is 44.6 Å². The molecular formula is C24H20ClFN4O3. The van der Waals surface area contributed by atoms with Crippen LogP contribution in [0.2, 0.25) is 5.15 Å². The van der Waals surface area contributed by atoms with E-state index >= 15 is 0 Å². The number of hydrogen-bond donors (Lipinski definition) is 1. The van der Waals surface area contributed by atoms with Crippen molar-refractivity contribution in [3.05, 3.63) is 94.8 Å². The first-order valence-corrected chi connectivity index (χ1v) is 10.4. The molecule has 0 aliphatic heterocycles. The highest BCUT2D eigenvalue weighted by atomic mass is 35.5. The van der Waals surface area contributed by atoms with Gasteiger partial charge in [0.25, 0.3) is 5.91 Å². The third-order valence-electron chi connectivity index (χ3n) is 4.87. The number of nitrogens with one attached hydrogen (secondary N) is 1. The van der Waals surface area contributed by atoms with Gasteiger partial charge in [-0.2, -0.15) is 5.10 Å². The van der Waals surface area contributed by atoms with Crippen LogP contribution in [0.5, 0.6) is 11.5 Å². The monoisotopic (exact) mass is 466 g/mol. The highest BCUT2D eigenvalue weighted by Crippen LogP contribution is 2.32. The molecular weight excluding hydrogens is 447 g/mol. The Kier molecular flexibility index (Phi) is 6.55. The van der Waals surface area contributed by atoms with Crippen LogP contribution in [0.15, 0.2) is 67.0 Å². The number of nitrogens with zero attached hydrogens (tertiary/aromatic N) is 3. The topological polar surface area (TPSA) is 78.3 Å². The lowest BCUT2D eigenvalue weighted by Gasteiger charge is -2.13. The molecule has 0 bridgehead atoms. The average Bonchev–Trinajstić information content (AvgIpc) is 3.12. The first kappa shape index (κ1) is 22.3. The number of anilines is 1. The van der Waals surface area contributed by atoms with Gasteiger partial charge in [-0.3, -0.25) is 9.78 Å². The van der Waals surface area contributed by atoms with Crippen LogP contribution in [0.4, 0.5) is 10.1 Å². The summed E-state index contributed by atoms with van der Waals surface area (Å²) >= 11 is 6.46. The molecule has 0 spiro atoms. The largest absolute Gasteiger partial charge is 0.493 e. The van der Waals surface area contributed by atoms with Crippen LogP contribution in [-0.4, -0.2) is 27.8 Å². The second-order valence-electron chi connectivity index (χ2n) is 7.10. The highest BCUT2D eigenvalue weighted by molar-refractivity contribution is 6.34. The summed E-state index contributed by atoms with van der Waals surface area (Å²) in [7, 11) is 1.54. The lowest BCUT2D eigenvalue weighted by atomic mass is 10.2. The zero-order valence-electron chi connectivity index (χ0n) is 17.9. The van der Waals surface area contributed by atoms with Crippen molar-refractivity contribution in [3.8, 4) is 17.2 Å². The SMILES string of the molecule is COc1ccc(NC(=O)c2c(C)nn(-c3ccc(F)cc3)c2Cl)cc1OCc1ccncc1. The third-order valence-corrected chi connectivity index (χ3v) is 5.22. The van der Waals surface area contributed by atoms with Crippen LogP contribution in [0, 0.1) is 12.7 Å². The van der Waals surface area contributed by atoms with E-state index in [0.717, 1.165) is 5.56 Å². The van der Waals surface area contributed by atoms with Crippen LogP contribution in [0.25, 0.3) is 5.69 Å². The fourth-order valence-corrected chi connectivity index (χ4v) is 3.57. The van der Waals surface area contributed by atoms with E-state index in [9.17, 15) is 9.18 Å². The van der Waals surface area contributed by atoms with Crippen molar-refractivity contribution >= 4 is 23.2 Å². The number of carbonyl (C=O) groups excluding carboxylic acids is 1. The Hall–Kier alpha value is -3.91. The van der Waals surface area contributed by atoms with Crippen molar-refractivity contribution in [1.29, 1.82) is 0 Å². The second kappa shape index (κ2) is 9.70. The second-order valence-corrected chi connectivity index (χ2v) is 7.46. The van der Waals surface area contributed by atoms with E-state index in [2.05, 4.69) is 15.4 Å². The third kappa shape index (κ3) is 4.96. The standard InChI is InChI=1S/C24H20ClFN4O3/c1-15-22(23(25)30(29-15)19-6-3-17(26)4-7-19)24(31)28-18-5-8-20(32-2)21(13-18)33-14-16-9-11-27-12-10-16/h3-13H,14H2,1-2H3,(H,28,31). The summed E-state index contributed by atoms with van der Waals surface area (Å²) in [5.41, 5.74) is 2.63. The Balaban J connectivity index is 1.55. The predicted octanol–water partition coefficient (Wildman–Crippen LogP) is 5.21. The molecule has 0 atom stereocenters. The zero-order valence-corrected chi connectivity index (χ0v) is 18.6. The molecule has 0 radical (unpaired) electrons. The van der Waals surface area contributed by atoms with Gasteiger partial charge in [0.2, 0.25) is 0 Å². The average molecular weight is 467 g/mol. The molecule has 0 aliphatic rings. The first-order valence-electron chi connectivity index (χ1n) is 9.98. The lowest BCUT2D eigenvalue weighted by Crippen LogP contribution is -2.13. The summed E-state index contributed by atoms with van der Waals surface area (Å²) in [6, 6.07) is 14.4. The molecule has 4 rings (SSSR count). The fraction of sp³-hybridized carbons (Fsp3) is 0.125. The Morgan fingerprint density at radius 1 is 1.09 bits per heavy atom. The van der Waals surface area contributed by atoms with E-state index in [1.807, 2.05) is 12.1 Å². The summed E-state index contributed by atoms with van der Waals surface area (Å²) in [6.07, 6.45) is 3.37. The molecule has 168 valence electrons. The number of carbonyl (C=O) groups is 1. The van der Waals surface area contributed by atoms with Gasteiger partial charge in [0.1, 0.15) is 23.1 Å². The summed E-state index contributed by atoms with van der Waals surface area (Å²) in [5.74, 6) is 0.187. The van der Waals surface area contributed by atoms with Crippen molar-refractivity contribution < 1.29 is 18.7 Å². The maximum absolute atomic E-state index is 13.2. The molecule has 33 heavy (non-hydrogen) atoms. The molecule has 2 aromatic heterocycles. The van der Waals surface area contributed by atoms with Gasteiger partial charge in [0.05, 0.1) is 18.5 Å². The number of ether oxygens (including phenoxy) is 2. The normalized spacial score (nSPS) is 10.7. The summed E-state index contributed by atoms with van der Waals surface area (Å²) in [4.78, 5) is 17.0. The summed E-state index contributed by atoms with van der Waals surface area (Å²) in [5, 5.41) is 7.28. The van der Waals surface area contributed by atoms with Crippen LogP contribution in [0.3, 0.4) is 0 Å². The first-order chi connectivity index (χ1) is 16.0. The number of rotatable bonds is 7. The van der Waals surface area contributed by atoms with Crippen molar-refractivity contribution in [3.63, 3.8) is 0 Å². The number of amides is 1. The van der Waals surface area contributed by atoms with E-state index in [-0.39, 0.29) is 16.5 Å². The summed E-state index contributed by atoms with van der Waals surface area (Å²) < 4.78 is 25.9. The van der Waals surface area contributed by atoms with Gasteiger partial charge in [0, 0.05) is 24.1 Å². The smallest absolute Gasteiger partial charge is 0.260 e. The Bertz CT molecular complexity index is 1280. The van der Waals surface area contributed by atoms with Gasteiger partial charge >= 0.3 is 0 Å². The van der Waals surface area contributed by atoms with Crippen LogP contribution < -0.4 is 14.8 Å². The van der Waals surface area contributed by atoms with Crippen molar-refractivity contribution in [2.45, 2.75) is 13.5 Å². The highest BCUT2D eigenvalue weighted by Gasteiger charge is 2.22. The Morgan fingerprint density at radius 2 is 1.82 bits per heavy atom. The minimum Gasteiger partial charge on any atom is -0.493 e. The molecule has 7 nitrogen and oxygen atoms in total. The van der Waals surface area contributed by atoms with E-state index in [1.165, 1.54) is 28.9 Å². The number of aryl methyl sites for hydroxylation is 1. The number of halogens is 2. The molecule has 4 aromatic rings. The van der Waals surface area contributed by atoms with Gasteiger partial charge < -0.3 is 14.8 Å². The number of methoxy groups -OCH3 is 1. The van der Waals surface area contributed by atoms with Gasteiger partial charge in [-0.25, -0.2) is 9.07 Å². The van der Waals surface area contributed by atoms with Crippen molar-refractivity contribution in [1.82, 2.24) is 14.8 Å². The summed E-state index contributed by atoms with van der Waals surface area (Å²) in [6.45, 7) is 1.99. The molecule has 1 amide bonds.